The van der Waals surface area contributed by atoms with Crippen molar-refractivity contribution >= 4 is 27.3 Å². The summed E-state index contributed by atoms with van der Waals surface area (Å²) >= 11 is 0. The maximum Gasteiger partial charge on any atom is 0.277 e. The molecular formula is C19H28N4O4S. The summed E-state index contributed by atoms with van der Waals surface area (Å²) < 4.78 is 32.1. The third kappa shape index (κ3) is 4.53. The first-order chi connectivity index (χ1) is 13.3. The highest BCUT2D eigenvalue weighted by atomic mass is 32.2. The molecule has 154 valence electrons. The molecule has 1 N–H and O–H groups in total. The molecule has 0 saturated heterocycles. The minimum atomic E-state index is -3.65. The molecule has 2 aromatic rings. The van der Waals surface area contributed by atoms with Crippen LogP contribution in [0.1, 0.15) is 43.9 Å². The number of aromatic nitrogens is 1. The van der Waals surface area contributed by atoms with Crippen LogP contribution in [0, 0.1) is 6.92 Å². The van der Waals surface area contributed by atoms with Gasteiger partial charge in [-0.1, -0.05) is 19.0 Å². The molecule has 0 bridgehead atoms. The van der Waals surface area contributed by atoms with Crippen LogP contribution in [0.15, 0.2) is 33.7 Å². The van der Waals surface area contributed by atoms with Crippen LogP contribution in [-0.2, 0) is 10.0 Å². The zero-order valence-corrected chi connectivity index (χ0v) is 17.8. The van der Waals surface area contributed by atoms with Crippen molar-refractivity contribution in [1.29, 1.82) is 0 Å². The quantitative estimate of drug-likeness (QED) is 0.685. The van der Waals surface area contributed by atoms with Crippen molar-refractivity contribution in [1.82, 2.24) is 9.46 Å². The Bertz CT molecular complexity index is 916. The second kappa shape index (κ2) is 9.20. The van der Waals surface area contributed by atoms with Gasteiger partial charge >= 0.3 is 0 Å². The lowest BCUT2D eigenvalue weighted by Gasteiger charge is -2.25. The fourth-order valence-electron chi connectivity index (χ4n) is 2.99. The van der Waals surface area contributed by atoms with E-state index in [0.717, 1.165) is 5.69 Å². The molecule has 2 rings (SSSR count). The molecule has 28 heavy (non-hydrogen) atoms. The monoisotopic (exact) mass is 408 g/mol. The van der Waals surface area contributed by atoms with Crippen LogP contribution in [0.25, 0.3) is 0 Å². The van der Waals surface area contributed by atoms with E-state index in [1.54, 1.807) is 32.9 Å². The summed E-state index contributed by atoms with van der Waals surface area (Å²) in [7, 11) is -3.65. The van der Waals surface area contributed by atoms with Crippen LogP contribution in [0.5, 0.6) is 0 Å². The van der Waals surface area contributed by atoms with E-state index in [2.05, 4.69) is 10.5 Å². The van der Waals surface area contributed by atoms with Gasteiger partial charge in [0, 0.05) is 32.2 Å². The van der Waals surface area contributed by atoms with Crippen molar-refractivity contribution in [2.45, 2.75) is 39.5 Å². The molecule has 0 aliphatic heterocycles. The van der Waals surface area contributed by atoms with Gasteiger partial charge in [-0.15, -0.1) is 0 Å². The molecule has 0 fully saturated rings. The van der Waals surface area contributed by atoms with Gasteiger partial charge in [-0.3, -0.25) is 4.79 Å². The molecule has 0 aliphatic rings. The molecule has 1 amide bonds. The highest BCUT2D eigenvalue weighted by molar-refractivity contribution is 7.89. The Morgan fingerprint density at radius 3 is 2.21 bits per heavy atom. The third-order valence-electron chi connectivity index (χ3n) is 4.52. The van der Waals surface area contributed by atoms with Crippen LogP contribution >= 0.6 is 0 Å². The number of benzene rings is 1. The number of hydrogen-bond donors (Lipinski definition) is 1. The first kappa shape index (κ1) is 21.9. The second-order valence-corrected chi connectivity index (χ2v) is 8.16. The molecule has 8 nitrogen and oxygen atoms in total. The number of rotatable bonds is 9. The molecule has 0 radical (unpaired) electrons. The lowest BCUT2D eigenvalue weighted by atomic mass is 10.2. The van der Waals surface area contributed by atoms with Crippen LogP contribution in [0.2, 0.25) is 0 Å². The molecule has 0 spiro atoms. The Hall–Kier alpha value is -2.39. The maximum atomic E-state index is 12.9. The van der Waals surface area contributed by atoms with Crippen LogP contribution < -0.4 is 10.2 Å². The van der Waals surface area contributed by atoms with E-state index < -0.39 is 15.9 Å². The van der Waals surface area contributed by atoms with Gasteiger partial charge < -0.3 is 14.7 Å². The largest absolute Gasteiger partial charge is 0.370 e. The second-order valence-electron chi connectivity index (χ2n) is 6.22. The van der Waals surface area contributed by atoms with Crippen molar-refractivity contribution in [2.24, 2.45) is 0 Å². The number of hydrogen-bond acceptors (Lipinski definition) is 6. The maximum absolute atomic E-state index is 12.9. The van der Waals surface area contributed by atoms with Crippen molar-refractivity contribution in [3.63, 3.8) is 0 Å². The van der Waals surface area contributed by atoms with E-state index in [0.29, 0.717) is 37.6 Å². The first-order valence-corrected chi connectivity index (χ1v) is 10.9. The Morgan fingerprint density at radius 2 is 1.71 bits per heavy atom. The summed E-state index contributed by atoms with van der Waals surface area (Å²) in [6.07, 6.45) is 0. The molecule has 0 aliphatic carbocycles. The molecule has 1 aromatic heterocycles. The predicted molar refractivity (Wildman–Crippen MR) is 109 cm³/mol. The molecule has 0 atom stereocenters. The number of carbonyl (C=O) groups is 1. The van der Waals surface area contributed by atoms with Crippen molar-refractivity contribution < 1.29 is 17.7 Å². The SMILES string of the molecule is CCN(CC)c1ccc(S(=O)(=O)N(CC)CC)cc1NC(=O)c1cc(C)on1. The number of aryl methyl sites for hydroxylation is 1. The highest BCUT2D eigenvalue weighted by Gasteiger charge is 2.24. The summed E-state index contributed by atoms with van der Waals surface area (Å²) in [5.74, 6) is 0.0645. The third-order valence-corrected chi connectivity index (χ3v) is 6.57. The number of nitrogens with zero attached hydrogens (tertiary/aromatic N) is 3. The van der Waals surface area contributed by atoms with Gasteiger partial charge in [0.25, 0.3) is 5.91 Å². The van der Waals surface area contributed by atoms with Crippen LogP contribution in [0.3, 0.4) is 0 Å². The summed E-state index contributed by atoms with van der Waals surface area (Å²) in [6, 6.07) is 6.35. The first-order valence-electron chi connectivity index (χ1n) is 9.42. The van der Waals surface area contributed by atoms with Crippen molar-refractivity contribution in [3.8, 4) is 0 Å². The standard InChI is InChI=1S/C19H28N4O4S/c1-6-22(7-2)18-11-10-15(28(25,26)23(8-3)9-4)13-16(18)20-19(24)17-12-14(5)27-21-17/h10-13H,6-9H2,1-5H3,(H,20,24). The van der Waals surface area contributed by atoms with Gasteiger partial charge in [0.05, 0.1) is 16.3 Å². The minimum absolute atomic E-state index is 0.138. The summed E-state index contributed by atoms with van der Waals surface area (Å²) in [4.78, 5) is 14.8. The molecule has 0 saturated carbocycles. The van der Waals surface area contributed by atoms with E-state index in [1.165, 1.54) is 16.4 Å². The van der Waals surface area contributed by atoms with E-state index in [-0.39, 0.29) is 10.6 Å². The van der Waals surface area contributed by atoms with Gasteiger partial charge in [-0.25, -0.2) is 8.42 Å². The molecule has 0 unspecified atom stereocenters. The number of carbonyl (C=O) groups excluding carboxylic acids is 1. The Balaban J connectivity index is 2.50. The van der Waals surface area contributed by atoms with Crippen molar-refractivity contribution in [3.05, 3.63) is 35.7 Å². The fourth-order valence-corrected chi connectivity index (χ4v) is 4.47. The smallest absolute Gasteiger partial charge is 0.277 e. The minimum Gasteiger partial charge on any atom is -0.370 e. The van der Waals surface area contributed by atoms with E-state index in [9.17, 15) is 13.2 Å². The predicted octanol–water partition coefficient (Wildman–Crippen LogP) is 3.11. The molecule has 9 heteroatoms. The van der Waals surface area contributed by atoms with Gasteiger partial charge in [0.15, 0.2) is 5.69 Å². The summed E-state index contributed by atoms with van der Waals surface area (Å²) in [6.45, 7) is 11.4. The molecule has 1 aromatic carbocycles. The van der Waals surface area contributed by atoms with Crippen LogP contribution in [0.4, 0.5) is 11.4 Å². The summed E-state index contributed by atoms with van der Waals surface area (Å²) in [5.41, 5.74) is 1.31. The Kier molecular flexibility index (Phi) is 7.20. The number of nitrogens with one attached hydrogen (secondary N) is 1. The van der Waals surface area contributed by atoms with E-state index in [1.807, 2.05) is 18.7 Å². The van der Waals surface area contributed by atoms with Gasteiger partial charge in [0.2, 0.25) is 10.0 Å². The topological polar surface area (TPSA) is 95.8 Å². The van der Waals surface area contributed by atoms with Gasteiger partial charge in [-0.2, -0.15) is 4.31 Å². The Morgan fingerprint density at radius 1 is 1.07 bits per heavy atom. The zero-order chi connectivity index (χ0) is 20.9. The van der Waals surface area contributed by atoms with Gasteiger partial charge in [0.1, 0.15) is 5.76 Å². The van der Waals surface area contributed by atoms with E-state index in [4.69, 9.17) is 4.52 Å². The van der Waals surface area contributed by atoms with Crippen molar-refractivity contribution in [2.75, 3.05) is 36.4 Å². The van der Waals surface area contributed by atoms with Crippen LogP contribution in [-0.4, -0.2) is 50.0 Å². The average molecular weight is 409 g/mol. The lowest BCUT2D eigenvalue weighted by molar-refractivity contribution is 0.101. The lowest BCUT2D eigenvalue weighted by Crippen LogP contribution is -2.31. The molecule has 1 heterocycles. The highest BCUT2D eigenvalue weighted by Crippen LogP contribution is 2.30. The summed E-state index contributed by atoms with van der Waals surface area (Å²) in [5, 5.41) is 6.52. The average Bonchev–Trinajstić information content (AvgIpc) is 3.11. The number of sulfonamides is 1. The zero-order valence-electron chi connectivity index (χ0n) is 17.0. The number of anilines is 2. The Labute approximate surface area is 166 Å². The van der Waals surface area contributed by atoms with E-state index >= 15 is 0 Å². The fraction of sp³-hybridized carbons (Fsp3) is 0.474. The normalized spacial score (nSPS) is 11.6. The number of amides is 1. The van der Waals surface area contributed by atoms with Gasteiger partial charge in [-0.05, 0) is 39.0 Å². The molecular weight excluding hydrogens is 380 g/mol.